The summed E-state index contributed by atoms with van der Waals surface area (Å²) in [5, 5.41) is 0. The van der Waals surface area contributed by atoms with E-state index in [1.807, 2.05) is 24.5 Å². The van der Waals surface area contributed by atoms with Gasteiger partial charge in [-0.25, -0.2) is 0 Å². The molecule has 3 heterocycles. The van der Waals surface area contributed by atoms with Crippen molar-refractivity contribution in [2.24, 2.45) is 0 Å². The predicted molar refractivity (Wildman–Crippen MR) is 79.4 cm³/mol. The van der Waals surface area contributed by atoms with Crippen molar-refractivity contribution in [3.8, 4) is 0 Å². The van der Waals surface area contributed by atoms with E-state index in [0.717, 1.165) is 39.1 Å². The Bertz CT molecular complexity index is 437. The SMILES string of the molecule is C=CCO[C@@H]1C[C@H]2CN(Cc3cccnc3)CCN2C1. The van der Waals surface area contributed by atoms with Crippen LogP contribution in [0.4, 0.5) is 0 Å². The largest absolute Gasteiger partial charge is 0.373 e. The molecule has 108 valence electrons. The summed E-state index contributed by atoms with van der Waals surface area (Å²) in [5.74, 6) is 0. The Morgan fingerprint density at radius 1 is 1.40 bits per heavy atom. The summed E-state index contributed by atoms with van der Waals surface area (Å²) in [6.45, 7) is 9.91. The lowest BCUT2D eigenvalue weighted by atomic mass is 10.1. The lowest BCUT2D eigenvalue weighted by Crippen LogP contribution is -2.49. The van der Waals surface area contributed by atoms with E-state index in [4.69, 9.17) is 4.74 Å². The number of piperazine rings is 1. The minimum absolute atomic E-state index is 0.386. The van der Waals surface area contributed by atoms with Crippen molar-refractivity contribution >= 4 is 0 Å². The molecule has 0 aliphatic carbocycles. The molecule has 0 spiro atoms. The normalized spacial score (nSPS) is 27.4. The van der Waals surface area contributed by atoms with Gasteiger partial charge in [-0.2, -0.15) is 0 Å². The van der Waals surface area contributed by atoms with Crippen LogP contribution >= 0.6 is 0 Å². The summed E-state index contributed by atoms with van der Waals surface area (Å²) in [7, 11) is 0. The molecule has 0 saturated carbocycles. The van der Waals surface area contributed by atoms with Gasteiger partial charge in [0, 0.05) is 51.2 Å². The summed E-state index contributed by atoms with van der Waals surface area (Å²) in [6.07, 6.45) is 7.18. The van der Waals surface area contributed by atoms with E-state index in [-0.39, 0.29) is 0 Å². The van der Waals surface area contributed by atoms with Crippen molar-refractivity contribution in [1.29, 1.82) is 0 Å². The molecule has 2 atom stereocenters. The van der Waals surface area contributed by atoms with Gasteiger partial charge in [-0.05, 0) is 18.1 Å². The van der Waals surface area contributed by atoms with E-state index >= 15 is 0 Å². The Hall–Kier alpha value is -1.23. The average molecular weight is 273 g/mol. The fraction of sp³-hybridized carbons (Fsp3) is 0.562. The van der Waals surface area contributed by atoms with Crippen LogP contribution in [0.2, 0.25) is 0 Å². The van der Waals surface area contributed by atoms with Crippen molar-refractivity contribution in [3.05, 3.63) is 42.7 Å². The second-order valence-corrected chi connectivity index (χ2v) is 5.72. The van der Waals surface area contributed by atoms with Crippen molar-refractivity contribution in [2.45, 2.75) is 25.1 Å². The third-order valence-electron chi connectivity index (χ3n) is 4.24. The number of ether oxygens (including phenoxy) is 1. The molecule has 20 heavy (non-hydrogen) atoms. The van der Waals surface area contributed by atoms with Gasteiger partial charge in [0.25, 0.3) is 0 Å². The minimum atomic E-state index is 0.386. The standard InChI is InChI=1S/C16H23N3O/c1-2-8-20-16-9-15-12-18(6-7-19(15)13-16)11-14-4-3-5-17-10-14/h2-5,10,15-16H,1,6-9,11-13H2/t15-,16+/m0/s1. The molecule has 4 heteroatoms. The number of pyridine rings is 1. The second kappa shape index (κ2) is 6.48. The second-order valence-electron chi connectivity index (χ2n) is 5.72. The molecule has 2 aliphatic heterocycles. The first-order valence-electron chi connectivity index (χ1n) is 7.43. The molecule has 1 aromatic rings. The third kappa shape index (κ3) is 3.26. The van der Waals surface area contributed by atoms with Crippen molar-refractivity contribution in [2.75, 3.05) is 32.8 Å². The summed E-state index contributed by atoms with van der Waals surface area (Å²) >= 11 is 0. The first-order valence-corrected chi connectivity index (χ1v) is 7.43. The summed E-state index contributed by atoms with van der Waals surface area (Å²) < 4.78 is 5.81. The molecule has 4 nitrogen and oxygen atoms in total. The van der Waals surface area contributed by atoms with Crippen LogP contribution in [0.1, 0.15) is 12.0 Å². The minimum Gasteiger partial charge on any atom is -0.373 e. The smallest absolute Gasteiger partial charge is 0.0721 e. The molecule has 0 aromatic carbocycles. The van der Waals surface area contributed by atoms with Crippen LogP contribution in [0.3, 0.4) is 0 Å². The lowest BCUT2D eigenvalue weighted by Gasteiger charge is -2.37. The van der Waals surface area contributed by atoms with E-state index in [2.05, 4.69) is 27.4 Å². The van der Waals surface area contributed by atoms with Gasteiger partial charge in [0.15, 0.2) is 0 Å². The Balaban J connectivity index is 1.52. The van der Waals surface area contributed by atoms with E-state index in [9.17, 15) is 0 Å². The van der Waals surface area contributed by atoms with Gasteiger partial charge in [-0.1, -0.05) is 12.1 Å². The average Bonchev–Trinajstić information content (AvgIpc) is 2.88. The number of aromatic nitrogens is 1. The number of nitrogens with zero attached hydrogens (tertiary/aromatic N) is 3. The van der Waals surface area contributed by atoms with E-state index in [0.29, 0.717) is 18.8 Å². The van der Waals surface area contributed by atoms with Gasteiger partial charge in [-0.15, -0.1) is 6.58 Å². The summed E-state index contributed by atoms with van der Waals surface area (Å²) in [6, 6.07) is 4.82. The molecule has 2 saturated heterocycles. The Morgan fingerprint density at radius 2 is 2.35 bits per heavy atom. The monoisotopic (exact) mass is 273 g/mol. The Labute approximate surface area is 121 Å². The molecule has 0 amide bonds. The molecule has 0 N–H and O–H groups in total. The van der Waals surface area contributed by atoms with Gasteiger partial charge in [0.1, 0.15) is 0 Å². The number of hydrogen-bond donors (Lipinski definition) is 0. The lowest BCUT2D eigenvalue weighted by molar-refractivity contribution is 0.0758. The molecule has 3 rings (SSSR count). The molecule has 2 aliphatic rings. The fourth-order valence-corrected chi connectivity index (χ4v) is 3.28. The van der Waals surface area contributed by atoms with Gasteiger partial charge in [0.2, 0.25) is 0 Å². The van der Waals surface area contributed by atoms with Crippen molar-refractivity contribution in [3.63, 3.8) is 0 Å². The van der Waals surface area contributed by atoms with Gasteiger partial charge in [-0.3, -0.25) is 14.8 Å². The van der Waals surface area contributed by atoms with Crippen LogP contribution in [0, 0.1) is 0 Å². The number of hydrogen-bond acceptors (Lipinski definition) is 4. The van der Waals surface area contributed by atoms with Crippen LogP contribution in [0.25, 0.3) is 0 Å². The van der Waals surface area contributed by atoms with E-state index < -0.39 is 0 Å². The first kappa shape index (κ1) is 13.7. The zero-order chi connectivity index (χ0) is 13.8. The van der Waals surface area contributed by atoms with Gasteiger partial charge < -0.3 is 4.74 Å². The summed E-state index contributed by atoms with van der Waals surface area (Å²) in [4.78, 5) is 9.31. The number of fused-ring (bicyclic) bond motifs is 1. The topological polar surface area (TPSA) is 28.6 Å². The fourth-order valence-electron chi connectivity index (χ4n) is 3.28. The highest BCUT2D eigenvalue weighted by atomic mass is 16.5. The molecule has 0 unspecified atom stereocenters. The molecule has 1 aromatic heterocycles. The highest BCUT2D eigenvalue weighted by Crippen LogP contribution is 2.24. The molecule has 0 radical (unpaired) electrons. The zero-order valence-electron chi connectivity index (χ0n) is 11.9. The van der Waals surface area contributed by atoms with Crippen LogP contribution in [0.5, 0.6) is 0 Å². The first-order chi connectivity index (χ1) is 9.85. The molecular formula is C16H23N3O. The van der Waals surface area contributed by atoms with E-state index in [1.165, 1.54) is 5.56 Å². The highest BCUT2D eigenvalue weighted by Gasteiger charge is 2.36. The molecular weight excluding hydrogens is 250 g/mol. The summed E-state index contributed by atoms with van der Waals surface area (Å²) in [5.41, 5.74) is 1.30. The number of rotatable bonds is 5. The van der Waals surface area contributed by atoms with Crippen molar-refractivity contribution < 1.29 is 4.74 Å². The van der Waals surface area contributed by atoms with E-state index in [1.54, 1.807) is 0 Å². The third-order valence-corrected chi connectivity index (χ3v) is 4.24. The van der Waals surface area contributed by atoms with Gasteiger partial charge >= 0.3 is 0 Å². The van der Waals surface area contributed by atoms with Gasteiger partial charge in [0.05, 0.1) is 12.7 Å². The zero-order valence-corrected chi connectivity index (χ0v) is 11.9. The predicted octanol–water partition coefficient (Wildman–Crippen LogP) is 1.54. The maximum Gasteiger partial charge on any atom is 0.0721 e. The highest BCUT2D eigenvalue weighted by molar-refractivity contribution is 5.08. The maximum atomic E-state index is 5.81. The Morgan fingerprint density at radius 3 is 3.15 bits per heavy atom. The van der Waals surface area contributed by atoms with Crippen LogP contribution in [-0.2, 0) is 11.3 Å². The Kier molecular flexibility index (Phi) is 4.45. The molecule has 2 fully saturated rings. The molecule has 0 bridgehead atoms. The maximum absolute atomic E-state index is 5.81. The van der Waals surface area contributed by atoms with Crippen LogP contribution in [0.15, 0.2) is 37.2 Å². The van der Waals surface area contributed by atoms with Crippen molar-refractivity contribution in [1.82, 2.24) is 14.8 Å². The van der Waals surface area contributed by atoms with Crippen LogP contribution < -0.4 is 0 Å². The van der Waals surface area contributed by atoms with Crippen LogP contribution in [-0.4, -0.2) is 59.7 Å². The quantitative estimate of drug-likeness (QED) is 0.761.